The van der Waals surface area contributed by atoms with E-state index in [4.69, 9.17) is 0 Å². The Balaban J connectivity index is 1.98. The molecule has 0 atom stereocenters. The highest BCUT2D eigenvalue weighted by Crippen LogP contribution is 2.32. The van der Waals surface area contributed by atoms with E-state index in [2.05, 4.69) is 74.5 Å². The monoisotopic (exact) mass is 263 g/mol. The average Bonchev–Trinajstić information content (AvgIpc) is 2.87. The zero-order valence-corrected chi connectivity index (χ0v) is 12.5. The Bertz CT molecular complexity index is 705. The first-order chi connectivity index (χ1) is 9.65. The van der Waals surface area contributed by atoms with Gasteiger partial charge < -0.3 is 4.90 Å². The summed E-state index contributed by atoms with van der Waals surface area (Å²) in [6.45, 7) is 3.26. The van der Waals surface area contributed by atoms with Crippen LogP contribution in [-0.2, 0) is 0 Å². The summed E-state index contributed by atoms with van der Waals surface area (Å²) in [5.41, 5.74) is 5.67. The first kappa shape index (κ1) is 13.1. The molecule has 0 heterocycles. The highest BCUT2D eigenvalue weighted by atomic mass is 15.0. The van der Waals surface area contributed by atoms with Crippen LogP contribution in [0.1, 0.15) is 17.5 Å². The van der Waals surface area contributed by atoms with Crippen LogP contribution in [0.5, 0.6) is 0 Å². The summed E-state index contributed by atoms with van der Waals surface area (Å²) >= 11 is 0. The van der Waals surface area contributed by atoms with Gasteiger partial charge in [-0.05, 0) is 60.5 Å². The molecule has 1 heteroatoms. The molecule has 2 aromatic rings. The van der Waals surface area contributed by atoms with E-state index in [1.165, 1.54) is 33.0 Å². The summed E-state index contributed by atoms with van der Waals surface area (Å²) in [7, 11) is 4.24. The van der Waals surface area contributed by atoms with Gasteiger partial charge in [0, 0.05) is 6.54 Å². The van der Waals surface area contributed by atoms with E-state index < -0.39 is 0 Å². The van der Waals surface area contributed by atoms with Gasteiger partial charge in [0.2, 0.25) is 0 Å². The highest BCUT2D eigenvalue weighted by Gasteiger charge is 2.12. The number of aryl methyl sites for hydroxylation is 1. The number of likely N-dealkylation sites (N-methyl/N-ethyl adjacent to an activating group) is 1. The van der Waals surface area contributed by atoms with E-state index in [0.717, 1.165) is 13.0 Å². The normalized spacial score (nSPS) is 14.8. The predicted octanol–water partition coefficient (Wildman–Crippen LogP) is 4.42. The minimum atomic E-state index is 1.02. The smallest absolute Gasteiger partial charge is 0.0224 e. The summed E-state index contributed by atoms with van der Waals surface area (Å²) in [5, 5.41) is 2.70. The van der Waals surface area contributed by atoms with Gasteiger partial charge in [0.25, 0.3) is 0 Å². The van der Waals surface area contributed by atoms with Gasteiger partial charge in [-0.15, -0.1) is 0 Å². The van der Waals surface area contributed by atoms with Crippen molar-refractivity contribution in [3.05, 3.63) is 65.3 Å². The number of allylic oxidation sites excluding steroid dienone is 2. The number of nitrogens with zero attached hydrogens (tertiary/aromatic N) is 1. The second-order valence-corrected chi connectivity index (χ2v) is 5.85. The lowest BCUT2D eigenvalue weighted by Gasteiger charge is -2.11. The molecular formula is C19H21N. The van der Waals surface area contributed by atoms with Crippen LogP contribution in [0.25, 0.3) is 16.3 Å². The van der Waals surface area contributed by atoms with Crippen molar-refractivity contribution in [3.8, 4) is 0 Å². The van der Waals surface area contributed by atoms with Gasteiger partial charge in [0.1, 0.15) is 0 Å². The van der Waals surface area contributed by atoms with E-state index in [-0.39, 0.29) is 0 Å². The van der Waals surface area contributed by atoms with Crippen molar-refractivity contribution >= 4 is 16.3 Å². The van der Waals surface area contributed by atoms with Crippen LogP contribution in [-0.4, -0.2) is 25.5 Å². The molecule has 0 aromatic heterocycles. The predicted molar refractivity (Wildman–Crippen MR) is 87.9 cm³/mol. The van der Waals surface area contributed by atoms with Gasteiger partial charge in [-0.25, -0.2) is 0 Å². The average molecular weight is 263 g/mol. The quantitative estimate of drug-likeness (QED) is 0.792. The molecule has 0 N–H and O–H groups in total. The van der Waals surface area contributed by atoms with Crippen molar-refractivity contribution in [3.63, 3.8) is 0 Å². The summed E-state index contributed by atoms with van der Waals surface area (Å²) in [6, 6.07) is 13.1. The third-order valence-electron chi connectivity index (χ3n) is 3.99. The third-order valence-corrected chi connectivity index (χ3v) is 3.99. The minimum absolute atomic E-state index is 1.02. The fraction of sp³-hybridized carbons (Fsp3) is 0.263. The number of hydrogen-bond donors (Lipinski definition) is 0. The van der Waals surface area contributed by atoms with E-state index in [1.54, 1.807) is 0 Å². The molecule has 0 spiro atoms. The van der Waals surface area contributed by atoms with Gasteiger partial charge >= 0.3 is 0 Å². The molecule has 1 aliphatic carbocycles. The topological polar surface area (TPSA) is 3.24 Å². The van der Waals surface area contributed by atoms with Crippen LogP contribution in [0.2, 0.25) is 0 Å². The van der Waals surface area contributed by atoms with Crippen LogP contribution in [0.15, 0.2) is 54.1 Å². The van der Waals surface area contributed by atoms with E-state index >= 15 is 0 Å². The number of fused-ring (bicyclic) bond motifs is 1. The summed E-state index contributed by atoms with van der Waals surface area (Å²) in [5.74, 6) is 0. The van der Waals surface area contributed by atoms with Gasteiger partial charge in [-0.2, -0.15) is 0 Å². The van der Waals surface area contributed by atoms with Crippen molar-refractivity contribution in [2.45, 2.75) is 13.3 Å². The molecule has 0 radical (unpaired) electrons. The Morgan fingerprint density at radius 3 is 2.65 bits per heavy atom. The van der Waals surface area contributed by atoms with Gasteiger partial charge in [-0.3, -0.25) is 0 Å². The molecule has 20 heavy (non-hydrogen) atoms. The molecule has 3 rings (SSSR count). The SMILES string of the molecule is Cc1c(C2=CC(CN(C)C)=CC2)ccc2ccccc12. The first-order valence-corrected chi connectivity index (χ1v) is 7.18. The molecule has 0 saturated carbocycles. The Kier molecular flexibility index (Phi) is 3.45. The molecule has 0 saturated heterocycles. The summed E-state index contributed by atoms with van der Waals surface area (Å²) < 4.78 is 0. The van der Waals surface area contributed by atoms with Crippen LogP contribution in [0.4, 0.5) is 0 Å². The molecule has 0 fully saturated rings. The van der Waals surface area contributed by atoms with E-state index in [0.29, 0.717) is 0 Å². The lowest BCUT2D eigenvalue weighted by molar-refractivity contribution is 0.449. The second-order valence-electron chi connectivity index (χ2n) is 5.85. The molecular weight excluding hydrogens is 242 g/mol. The molecule has 0 aliphatic heterocycles. The van der Waals surface area contributed by atoms with E-state index in [9.17, 15) is 0 Å². The molecule has 102 valence electrons. The molecule has 0 unspecified atom stereocenters. The number of benzene rings is 2. The van der Waals surface area contributed by atoms with Crippen LogP contribution < -0.4 is 0 Å². The standard InChI is InChI=1S/C19H21N/c1-14-18-7-5-4-6-16(18)10-11-19(14)17-9-8-15(12-17)13-20(2)3/h4-8,10-12H,9,13H2,1-3H3. The van der Waals surface area contributed by atoms with Gasteiger partial charge in [0.05, 0.1) is 0 Å². The maximum Gasteiger partial charge on any atom is 0.0224 e. The second kappa shape index (κ2) is 5.26. The third kappa shape index (κ3) is 2.41. The first-order valence-electron chi connectivity index (χ1n) is 7.18. The van der Waals surface area contributed by atoms with E-state index in [1.807, 2.05) is 0 Å². The Morgan fingerprint density at radius 1 is 1.05 bits per heavy atom. The van der Waals surface area contributed by atoms with Crippen LogP contribution in [0.3, 0.4) is 0 Å². The fourth-order valence-electron chi connectivity index (χ4n) is 3.02. The summed E-state index contributed by atoms with van der Waals surface area (Å²) in [6.07, 6.45) is 5.77. The molecule has 0 bridgehead atoms. The number of hydrogen-bond acceptors (Lipinski definition) is 1. The molecule has 2 aromatic carbocycles. The Hall–Kier alpha value is -1.86. The van der Waals surface area contributed by atoms with Crippen molar-refractivity contribution in [2.75, 3.05) is 20.6 Å². The zero-order valence-electron chi connectivity index (χ0n) is 12.5. The maximum atomic E-state index is 2.36. The van der Waals surface area contributed by atoms with Crippen molar-refractivity contribution < 1.29 is 0 Å². The van der Waals surface area contributed by atoms with Crippen molar-refractivity contribution in [1.82, 2.24) is 4.90 Å². The Morgan fingerprint density at radius 2 is 1.85 bits per heavy atom. The lowest BCUT2D eigenvalue weighted by atomic mass is 9.94. The highest BCUT2D eigenvalue weighted by molar-refractivity contribution is 5.91. The zero-order chi connectivity index (χ0) is 14.1. The Labute approximate surface area is 121 Å². The molecule has 1 aliphatic rings. The maximum absolute atomic E-state index is 2.36. The fourth-order valence-corrected chi connectivity index (χ4v) is 3.02. The van der Waals surface area contributed by atoms with Crippen LogP contribution >= 0.6 is 0 Å². The molecule has 0 amide bonds. The van der Waals surface area contributed by atoms with Gasteiger partial charge in [-0.1, -0.05) is 48.6 Å². The largest absolute Gasteiger partial charge is 0.305 e. The lowest BCUT2D eigenvalue weighted by Crippen LogP contribution is -2.13. The summed E-state index contributed by atoms with van der Waals surface area (Å²) in [4.78, 5) is 2.22. The molecule has 1 nitrogen and oxygen atoms in total. The van der Waals surface area contributed by atoms with Crippen molar-refractivity contribution in [1.29, 1.82) is 0 Å². The van der Waals surface area contributed by atoms with Crippen molar-refractivity contribution in [2.24, 2.45) is 0 Å². The minimum Gasteiger partial charge on any atom is -0.305 e. The van der Waals surface area contributed by atoms with Crippen LogP contribution in [0, 0.1) is 6.92 Å². The number of rotatable bonds is 3. The van der Waals surface area contributed by atoms with Gasteiger partial charge in [0.15, 0.2) is 0 Å².